The lowest BCUT2D eigenvalue weighted by atomic mass is 9.97. The Labute approximate surface area is 116 Å². The third-order valence-electron chi connectivity index (χ3n) is 3.49. The molecule has 1 unspecified atom stereocenters. The number of carboxylic acid groups (broad SMARTS) is 1. The summed E-state index contributed by atoms with van der Waals surface area (Å²) in [4.78, 5) is 24.9. The fourth-order valence-electron chi connectivity index (χ4n) is 2.35. The van der Waals surface area contributed by atoms with E-state index in [-0.39, 0.29) is 23.8 Å². The Hall–Kier alpha value is -2.24. The maximum absolute atomic E-state index is 12.4. The minimum atomic E-state index is -0.891. The van der Waals surface area contributed by atoms with Gasteiger partial charge in [0.25, 0.3) is 5.91 Å². The fraction of sp³-hybridized carbons (Fsp3) is 0.429. The van der Waals surface area contributed by atoms with Crippen LogP contribution in [-0.4, -0.2) is 47.2 Å². The number of nitrogens with zero attached hydrogens (tertiary/aromatic N) is 1. The largest absolute Gasteiger partial charge is 0.507 e. The fourth-order valence-corrected chi connectivity index (χ4v) is 2.35. The van der Waals surface area contributed by atoms with E-state index in [0.29, 0.717) is 25.1 Å². The standard InChI is InChI=1S/C14H17NO5/c1-20-10-4-5-12(16)11(7-10)13(17)15-6-2-3-9(8-15)14(18)19/h4-5,7,9,16H,2-3,6,8H2,1H3,(H,18,19). The highest BCUT2D eigenvalue weighted by Gasteiger charge is 2.29. The molecule has 0 aromatic heterocycles. The molecule has 0 aliphatic carbocycles. The number of likely N-dealkylation sites (tertiary alicyclic amines) is 1. The molecule has 0 spiro atoms. The highest BCUT2D eigenvalue weighted by atomic mass is 16.5. The number of phenols is 1. The van der Waals surface area contributed by atoms with Crippen LogP contribution in [0.25, 0.3) is 0 Å². The van der Waals surface area contributed by atoms with E-state index >= 15 is 0 Å². The van der Waals surface area contributed by atoms with Crippen LogP contribution in [0.4, 0.5) is 0 Å². The lowest BCUT2D eigenvalue weighted by molar-refractivity contribution is -0.143. The second-order valence-corrected chi connectivity index (χ2v) is 4.81. The number of phenolic OH excluding ortho intramolecular Hbond substituents is 1. The van der Waals surface area contributed by atoms with Crippen LogP contribution in [0.2, 0.25) is 0 Å². The molecule has 1 aromatic carbocycles. The zero-order valence-corrected chi connectivity index (χ0v) is 11.2. The SMILES string of the molecule is COc1ccc(O)c(C(=O)N2CCCC(C(=O)O)C2)c1. The molecule has 1 saturated heterocycles. The maximum Gasteiger partial charge on any atom is 0.308 e. The lowest BCUT2D eigenvalue weighted by Gasteiger charge is -2.31. The second kappa shape index (κ2) is 5.81. The van der Waals surface area contributed by atoms with Gasteiger partial charge in [0, 0.05) is 13.1 Å². The molecule has 6 heteroatoms. The maximum atomic E-state index is 12.4. The van der Waals surface area contributed by atoms with Crippen LogP contribution in [0.5, 0.6) is 11.5 Å². The predicted molar refractivity (Wildman–Crippen MR) is 70.9 cm³/mol. The van der Waals surface area contributed by atoms with Gasteiger partial charge in [-0.1, -0.05) is 0 Å². The molecule has 1 amide bonds. The Balaban J connectivity index is 2.20. The summed E-state index contributed by atoms with van der Waals surface area (Å²) in [6.45, 7) is 0.671. The molecule has 6 nitrogen and oxygen atoms in total. The van der Waals surface area contributed by atoms with E-state index in [9.17, 15) is 14.7 Å². The summed E-state index contributed by atoms with van der Waals surface area (Å²) in [5, 5.41) is 18.8. The average Bonchev–Trinajstić information content (AvgIpc) is 2.47. The molecule has 1 aliphatic heterocycles. The van der Waals surface area contributed by atoms with E-state index in [1.165, 1.54) is 24.1 Å². The molecule has 1 aromatic rings. The summed E-state index contributed by atoms with van der Waals surface area (Å²) >= 11 is 0. The Morgan fingerprint density at radius 1 is 1.40 bits per heavy atom. The third-order valence-corrected chi connectivity index (χ3v) is 3.49. The Morgan fingerprint density at radius 2 is 2.15 bits per heavy atom. The molecule has 2 N–H and O–H groups in total. The number of amides is 1. The zero-order valence-electron chi connectivity index (χ0n) is 11.2. The van der Waals surface area contributed by atoms with Crippen LogP contribution in [0, 0.1) is 5.92 Å². The summed E-state index contributed by atoms with van der Waals surface area (Å²) in [6.07, 6.45) is 1.22. The molecule has 0 saturated carbocycles. The van der Waals surface area contributed by atoms with E-state index < -0.39 is 11.9 Å². The Kier molecular flexibility index (Phi) is 4.12. The van der Waals surface area contributed by atoms with Gasteiger partial charge < -0.3 is 19.8 Å². The van der Waals surface area contributed by atoms with Crippen LogP contribution >= 0.6 is 0 Å². The Bertz CT molecular complexity index is 528. The molecule has 1 heterocycles. The predicted octanol–water partition coefficient (Wildman–Crippen LogP) is 1.34. The number of carboxylic acids is 1. The first-order valence-electron chi connectivity index (χ1n) is 6.42. The van der Waals surface area contributed by atoms with Crippen molar-refractivity contribution >= 4 is 11.9 Å². The van der Waals surface area contributed by atoms with Crippen molar-refractivity contribution in [2.45, 2.75) is 12.8 Å². The number of carbonyl (C=O) groups excluding carboxylic acids is 1. The summed E-state index contributed by atoms with van der Waals surface area (Å²) in [6, 6.07) is 4.41. The van der Waals surface area contributed by atoms with Gasteiger partial charge in [-0.3, -0.25) is 9.59 Å². The number of rotatable bonds is 3. The number of aliphatic carboxylic acids is 1. The molecule has 20 heavy (non-hydrogen) atoms. The molecule has 2 rings (SSSR count). The van der Waals surface area contributed by atoms with E-state index in [1.54, 1.807) is 6.07 Å². The smallest absolute Gasteiger partial charge is 0.308 e. The zero-order chi connectivity index (χ0) is 14.7. The number of carbonyl (C=O) groups is 2. The normalized spacial score (nSPS) is 18.6. The number of methoxy groups -OCH3 is 1. The van der Waals surface area contributed by atoms with Gasteiger partial charge in [0.05, 0.1) is 18.6 Å². The molecule has 1 fully saturated rings. The van der Waals surface area contributed by atoms with Gasteiger partial charge in [-0.25, -0.2) is 0 Å². The number of aromatic hydroxyl groups is 1. The van der Waals surface area contributed by atoms with Gasteiger partial charge in [0.2, 0.25) is 0 Å². The van der Waals surface area contributed by atoms with Crippen LogP contribution in [0.15, 0.2) is 18.2 Å². The quantitative estimate of drug-likeness (QED) is 0.871. The first-order valence-corrected chi connectivity index (χ1v) is 6.42. The van der Waals surface area contributed by atoms with Crippen molar-refractivity contribution in [1.82, 2.24) is 4.90 Å². The van der Waals surface area contributed by atoms with Gasteiger partial charge in [-0.15, -0.1) is 0 Å². The van der Waals surface area contributed by atoms with E-state index in [2.05, 4.69) is 0 Å². The lowest BCUT2D eigenvalue weighted by Crippen LogP contribution is -2.42. The molecule has 108 valence electrons. The van der Waals surface area contributed by atoms with Crippen molar-refractivity contribution in [1.29, 1.82) is 0 Å². The summed E-state index contributed by atoms with van der Waals surface area (Å²) in [7, 11) is 1.47. The first kappa shape index (κ1) is 14.2. The number of hydrogen-bond donors (Lipinski definition) is 2. The first-order chi connectivity index (χ1) is 9.52. The van der Waals surface area contributed by atoms with Crippen LogP contribution in [-0.2, 0) is 4.79 Å². The molecular weight excluding hydrogens is 262 g/mol. The highest BCUT2D eigenvalue weighted by Crippen LogP contribution is 2.26. The topological polar surface area (TPSA) is 87.1 Å². The van der Waals surface area contributed by atoms with Crippen LogP contribution in [0.3, 0.4) is 0 Å². The van der Waals surface area contributed by atoms with Crippen molar-refractivity contribution < 1.29 is 24.5 Å². The third kappa shape index (κ3) is 2.84. The van der Waals surface area contributed by atoms with Crippen LogP contribution < -0.4 is 4.74 Å². The minimum Gasteiger partial charge on any atom is -0.507 e. The number of ether oxygens (including phenoxy) is 1. The summed E-state index contributed by atoms with van der Waals surface area (Å²) in [5.41, 5.74) is 0.135. The Morgan fingerprint density at radius 3 is 2.80 bits per heavy atom. The minimum absolute atomic E-state index is 0.131. The van der Waals surface area contributed by atoms with E-state index in [0.717, 1.165) is 0 Å². The van der Waals surface area contributed by atoms with Gasteiger partial charge in [-0.05, 0) is 31.0 Å². The average molecular weight is 279 g/mol. The molecule has 1 aliphatic rings. The highest BCUT2D eigenvalue weighted by molar-refractivity contribution is 5.97. The monoisotopic (exact) mass is 279 g/mol. The van der Waals surface area contributed by atoms with Crippen molar-refractivity contribution in [3.05, 3.63) is 23.8 Å². The van der Waals surface area contributed by atoms with E-state index in [4.69, 9.17) is 9.84 Å². The molecule has 0 radical (unpaired) electrons. The number of benzene rings is 1. The second-order valence-electron chi connectivity index (χ2n) is 4.81. The number of piperidine rings is 1. The van der Waals surface area contributed by atoms with Gasteiger partial charge in [0.15, 0.2) is 0 Å². The molecular formula is C14H17NO5. The molecule has 1 atom stereocenters. The van der Waals surface area contributed by atoms with E-state index in [1.807, 2.05) is 0 Å². The van der Waals surface area contributed by atoms with Crippen LogP contribution in [0.1, 0.15) is 23.2 Å². The van der Waals surface area contributed by atoms with Crippen molar-refractivity contribution in [2.75, 3.05) is 20.2 Å². The van der Waals surface area contributed by atoms with Crippen molar-refractivity contribution in [2.24, 2.45) is 5.92 Å². The van der Waals surface area contributed by atoms with Gasteiger partial charge >= 0.3 is 5.97 Å². The summed E-state index contributed by atoms with van der Waals surface area (Å²) in [5.74, 6) is -1.46. The van der Waals surface area contributed by atoms with Gasteiger partial charge in [0.1, 0.15) is 11.5 Å². The van der Waals surface area contributed by atoms with Crippen molar-refractivity contribution in [3.63, 3.8) is 0 Å². The van der Waals surface area contributed by atoms with Gasteiger partial charge in [-0.2, -0.15) is 0 Å². The number of hydrogen-bond acceptors (Lipinski definition) is 4. The van der Waals surface area contributed by atoms with Crippen molar-refractivity contribution in [3.8, 4) is 11.5 Å². The molecule has 0 bridgehead atoms. The summed E-state index contributed by atoms with van der Waals surface area (Å²) < 4.78 is 5.03.